The van der Waals surface area contributed by atoms with Gasteiger partial charge in [-0.25, -0.2) is 4.57 Å². The van der Waals surface area contributed by atoms with Crippen molar-refractivity contribution in [3.8, 4) is 5.75 Å². The van der Waals surface area contributed by atoms with Gasteiger partial charge in [-0.05, 0) is 38.3 Å². The van der Waals surface area contributed by atoms with Crippen molar-refractivity contribution in [3.05, 3.63) is 47.0 Å². The zero-order valence-corrected chi connectivity index (χ0v) is 14.4. The third-order valence-corrected chi connectivity index (χ3v) is 5.21. The number of nitro groups is 1. The molecule has 0 fully saturated rings. The number of unbranched alkanes of at least 4 members (excludes halogenated alkanes) is 4. The van der Waals surface area contributed by atoms with E-state index in [0.29, 0.717) is 18.5 Å². The van der Waals surface area contributed by atoms with Crippen LogP contribution >= 0.6 is 7.60 Å². The molecule has 0 saturated carbocycles. The number of benzene rings is 1. The Labute approximate surface area is 137 Å². The van der Waals surface area contributed by atoms with E-state index in [1.165, 1.54) is 24.3 Å². The van der Waals surface area contributed by atoms with E-state index >= 15 is 0 Å². The fourth-order valence-electron chi connectivity index (χ4n) is 2.07. The van der Waals surface area contributed by atoms with E-state index in [9.17, 15) is 14.7 Å². The lowest BCUT2D eigenvalue weighted by Crippen LogP contribution is -2.03. The maximum absolute atomic E-state index is 12.7. The summed E-state index contributed by atoms with van der Waals surface area (Å²) < 4.78 is 23.5. The van der Waals surface area contributed by atoms with Crippen LogP contribution in [0.1, 0.15) is 39.0 Å². The Morgan fingerprint density at radius 1 is 1.22 bits per heavy atom. The Morgan fingerprint density at radius 3 is 2.43 bits per heavy atom. The third-order valence-electron chi connectivity index (χ3n) is 3.21. The molecule has 128 valence electrons. The lowest BCUT2D eigenvalue weighted by molar-refractivity contribution is -0.384. The van der Waals surface area contributed by atoms with Gasteiger partial charge in [0, 0.05) is 12.1 Å². The van der Waals surface area contributed by atoms with Crippen molar-refractivity contribution in [3.63, 3.8) is 0 Å². The minimum atomic E-state index is -3.23. The van der Waals surface area contributed by atoms with Crippen LogP contribution in [0.2, 0.25) is 0 Å². The molecule has 6 nitrogen and oxygen atoms in total. The predicted molar refractivity (Wildman–Crippen MR) is 91.1 cm³/mol. The average molecular weight is 341 g/mol. The molecule has 0 aliphatic carbocycles. The summed E-state index contributed by atoms with van der Waals surface area (Å²) in [6.07, 6.45) is 7.05. The van der Waals surface area contributed by atoms with E-state index < -0.39 is 12.5 Å². The normalized spacial score (nSPS) is 13.3. The first-order valence-corrected chi connectivity index (χ1v) is 9.52. The van der Waals surface area contributed by atoms with E-state index in [0.717, 1.165) is 32.1 Å². The molecule has 0 saturated heterocycles. The molecule has 0 aliphatic rings. The highest BCUT2D eigenvalue weighted by Gasteiger charge is 2.25. The van der Waals surface area contributed by atoms with Crippen LogP contribution < -0.4 is 4.52 Å². The first-order valence-electron chi connectivity index (χ1n) is 7.79. The standard InChI is InChI=1S/C16H24NO5P/c1-3-5-6-7-8-9-14-23(20,21-4-2)22-16-12-10-15(11-13-16)17(18)19/h3,10-13H,1,4-9,14H2,2H3. The zero-order valence-electron chi connectivity index (χ0n) is 13.5. The summed E-state index contributed by atoms with van der Waals surface area (Å²) in [7, 11) is -3.23. The van der Waals surface area contributed by atoms with Crippen LogP contribution in [0.5, 0.6) is 5.75 Å². The fraction of sp³-hybridized carbons (Fsp3) is 0.500. The van der Waals surface area contributed by atoms with Gasteiger partial charge in [-0.2, -0.15) is 0 Å². The third kappa shape index (κ3) is 7.44. The number of nitrogens with zero attached hydrogens (tertiary/aromatic N) is 1. The summed E-state index contributed by atoms with van der Waals surface area (Å²) in [5, 5.41) is 10.6. The Kier molecular flexibility index (Phi) is 8.59. The summed E-state index contributed by atoms with van der Waals surface area (Å²) in [6.45, 7) is 5.73. The number of nitro benzene ring substituents is 1. The average Bonchev–Trinajstić information content (AvgIpc) is 2.51. The van der Waals surface area contributed by atoms with Crippen LogP contribution in [0.3, 0.4) is 0 Å². The first-order chi connectivity index (χ1) is 11.0. The number of allylic oxidation sites excluding steroid dienone is 1. The first kappa shape index (κ1) is 19.4. The highest BCUT2D eigenvalue weighted by molar-refractivity contribution is 7.54. The van der Waals surface area contributed by atoms with Gasteiger partial charge in [-0.15, -0.1) is 6.58 Å². The van der Waals surface area contributed by atoms with E-state index in [-0.39, 0.29) is 5.69 Å². The molecule has 0 aromatic heterocycles. The predicted octanol–water partition coefficient (Wildman–Crippen LogP) is 5.34. The second-order valence-electron chi connectivity index (χ2n) is 5.09. The maximum atomic E-state index is 12.7. The second-order valence-corrected chi connectivity index (χ2v) is 7.20. The highest BCUT2D eigenvalue weighted by Crippen LogP contribution is 2.49. The van der Waals surface area contributed by atoms with E-state index in [4.69, 9.17) is 9.05 Å². The van der Waals surface area contributed by atoms with Gasteiger partial charge in [0.15, 0.2) is 0 Å². The van der Waals surface area contributed by atoms with Gasteiger partial charge < -0.3 is 9.05 Å². The molecule has 1 unspecified atom stereocenters. The molecule has 0 radical (unpaired) electrons. The number of hydrogen-bond acceptors (Lipinski definition) is 5. The van der Waals surface area contributed by atoms with Crippen molar-refractivity contribution >= 4 is 13.3 Å². The summed E-state index contributed by atoms with van der Waals surface area (Å²) in [6, 6.07) is 5.52. The van der Waals surface area contributed by atoms with Crippen LogP contribution in [0.25, 0.3) is 0 Å². The summed E-state index contributed by atoms with van der Waals surface area (Å²) >= 11 is 0. The molecule has 0 bridgehead atoms. The minimum absolute atomic E-state index is 0.0363. The molecule has 0 aliphatic heterocycles. The molecule has 0 heterocycles. The second kappa shape index (κ2) is 10.2. The van der Waals surface area contributed by atoms with Crippen LogP contribution in [-0.4, -0.2) is 17.7 Å². The summed E-state index contributed by atoms with van der Waals surface area (Å²) in [5.74, 6) is 0.319. The topological polar surface area (TPSA) is 78.7 Å². The number of rotatable bonds is 12. The van der Waals surface area contributed by atoms with Crippen LogP contribution in [-0.2, 0) is 9.09 Å². The van der Waals surface area contributed by atoms with Crippen molar-refractivity contribution in [2.45, 2.75) is 39.0 Å². The van der Waals surface area contributed by atoms with Gasteiger partial charge in [-0.1, -0.05) is 18.9 Å². The van der Waals surface area contributed by atoms with E-state index in [2.05, 4.69) is 6.58 Å². The van der Waals surface area contributed by atoms with Crippen molar-refractivity contribution < 1.29 is 18.5 Å². The zero-order chi connectivity index (χ0) is 17.1. The molecule has 0 spiro atoms. The Bertz CT molecular complexity index is 544. The van der Waals surface area contributed by atoms with Gasteiger partial charge in [0.2, 0.25) is 0 Å². The Hall–Kier alpha value is -1.65. The SMILES string of the molecule is C=CCCCCCCP(=O)(OCC)Oc1ccc([N+](=O)[O-])cc1. The number of hydrogen-bond donors (Lipinski definition) is 0. The molecule has 0 N–H and O–H groups in total. The quantitative estimate of drug-likeness (QED) is 0.169. The summed E-state index contributed by atoms with van der Waals surface area (Å²) in [5.41, 5.74) is -0.0363. The molecular weight excluding hydrogens is 317 g/mol. The lowest BCUT2D eigenvalue weighted by atomic mass is 10.2. The van der Waals surface area contributed by atoms with Gasteiger partial charge >= 0.3 is 7.60 Å². The molecule has 7 heteroatoms. The molecule has 1 rings (SSSR count). The van der Waals surface area contributed by atoms with Crippen molar-refractivity contribution in [1.29, 1.82) is 0 Å². The van der Waals surface area contributed by atoms with Crippen molar-refractivity contribution in [1.82, 2.24) is 0 Å². The molecule has 1 aromatic carbocycles. The Morgan fingerprint density at radius 2 is 1.87 bits per heavy atom. The van der Waals surface area contributed by atoms with Gasteiger partial charge in [0.25, 0.3) is 5.69 Å². The molecule has 23 heavy (non-hydrogen) atoms. The highest BCUT2D eigenvalue weighted by atomic mass is 31.2. The van der Waals surface area contributed by atoms with Gasteiger partial charge in [0.1, 0.15) is 5.75 Å². The van der Waals surface area contributed by atoms with E-state index in [1.807, 2.05) is 6.08 Å². The van der Waals surface area contributed by atoms with Gasteiger partial charge in [-0.3, -0.25) is 10.1 Å². The molecule has 0 amide bonds. The van der Waals surface area contributed by atoms with E-state index in [1.54, 1.807) is 6.92 Å². The van der Waals surface area contributed by atoms with Crippen LogP contribution in [0.4, 0.5) is 5.69 Å². The number of non-ortho nitro benzene ring substituents is 1. The maximum Gasteiger partial charge on any atom is 0.379 e. The van der Waals surface area contributed by atoms with Gasteiger partial charge in [0.05, 0.1) is 17.7 Å². The largest absolute Gasteiger partial charge is 0.424 e. The monoisotopic (exact) mass is 341 g/mol. The van der Waals surface area contributed by atoms with Crippen molar-refractivity contribution in [2.75, 3.05) is 12.8 Å². The molecule has 1 aromatic rings. The smallest absolute Gasteiger partial charge is 0.379 e. The van der Waals surface area contributed by atoms with Crippen LogP contribution in [0.15, 0.2) is 36.9 Å². The minimum Gasteiger partial charge on any atom is -0.424 e. The fourth-order valence-corrected chi connectivity index (χ4v) is 3.79. The van der Waals surface area contributed by atoms with Crippen molar-refractivity contribution in [2.24, 2.45) is 0 Å². The summed E-state index contributed by atoms with van der Waals surface area (Å²) in [4.78, 5) is 10.1. The van der Waals surface area contributed by atoms with Crippen LogP contribution in [0, 0.1) is 10.1 Å². The Balaban J connectivity index is 2.56. The lowest BCUT2D eigenvalue weighted by Gasteiger charge is -2.18. The molecular formula is C16H24NO5P. The molecule has 1 atom stereocenters.